The Bertz CT molecular complexity index is 463. The SMILES string of the molecule is CCC1(O)CN(C(=O)C(C)NC(=O)c2ccco2)C1. The molecule has 0 spiro atoms. The second-order valence-electron chi connectivity index (χ2n) is 4.94. The molecule has 1 aromatic heterocycles. The fourth-order valence-electron chi connectivity index (χ4n) is 2.05. The maximum atomic E-state index is 12.0. The van der Waals surface area contributed by atoms with Crippen LogP contribution in [0.3, 0.4) is 0 Å². The highest BCUT2D eigenvalue weighted by atomic mass is 16.3. The van der Waals surface area contributed by atoms with Crippen LogP contribution in [0.5, 0.6) is 0 Å². The average Bonchev–Trinajstić information content (AvgIpc) is 2.87. The van der Waals surface area contributed by atoms with Gasteiger partial charge in [-0.15, -0.1) is 0 Å². The summed E-state index contributed by atoms with van der Waals surface area (Å²) < 4.78 is 4.95. The summed E-state index contributed by atoms with van der Waals surface area (Å²) >= 11 is 0. The Morgan fingerprint density at radius 3 is 2.79 bits per heavy atom. The first kappa shape index (κ1) is 13.6. The van der Waals surface area contributed by atoms with Gasteiger partial charge in [0.1, 0.15) is 6.04 Å². The van der Waals surface area contributed by atoms with E-state index in [0.29, 0.717) is 19.5 Å². The molecule has 1 aromatic rings. The topological polar surface area (TPSA) is 82.8 Å². The van der Waals surface area contributed by atoms with Gasteiger partial charge in [0, 0.05) is 0 Å². The largest absolute Gasteiger partial charge is 0.459 e. The van der Waals surface area contributed by atoms with E-state index in [0.717, 1.165) is 0 Å². The number of carbonyl (C=O) groups excluding carboxylic acids is 2. The van der Waals surface area contributed by atoms with Crippen LogP contribution in [0, 0.1) is 0 Å². The second-order valence-corrected chi connectivity index (χ2v) is 4.94. The number of hydrogen-bond acceptors (Lipinski definition) is 4. The summed E-state index contributed by atoms with van der Waals surface area (Å²) in [6, 6.07) is 2.50. The van der Waals surface area contributed by atoms with Crippen LogP contribution in [0.15, 0.2) is 22.8 Å². The van der Waals surface area contributed by atoms with E-state index >= 15 is 0 Å². The van der Waals surface area contributed by atoms with Crippen molar-refractivity contribution >= 4 is 11.8 Å². The smallest absolute Gasteiger partial charge is 0.287 e. The van der Waals surface area contributed by atoms with Crippen LogP contribution in [-0.4, -0.2) is 46.6 Å². The predicted octanol–water partition coefficient (Wildman–Crippen LogP) is 0.381. The highest BCUT2D eigenvalue weighted by Crippen LogP contribution is 2.24. The van der Waals surface area contributed by atoms with Gasteiger partial charge < -0.3 is 19.7 Å². The minimum Gasteiger partial charge on any atom is -0.459 e. The standard InChI is InChI=1S/C13H18N2O4/c1-3-13(18)7-15(8-13)12(17)9(2)14-11(16)10-5-4-6-19-10/h4-6,9,18H,3,7-8H2,1-2H3,(H,14,16). The molecule has 19 heavy (non-hydrogen) atoms. The maximum absolute atomic E-state index is 12.0. The zero-order valence-corrected chi connectivity index (χ0v) is 11.0. The summed E-state index contributed by atoms with van der Waals surface area (Å²) in [5, 5.41) is 12.4. The third kappa shape index (κ3) is 2.78. The molecule has 1 fully saturated rings. The van der Waals surface area contributed by atoms with Crippen molar-refractivity contribution in [3.63, 3.8) is 0 Å². The first-order chi connectivity index (χ1) is 8.95. The molecular formula is C13H18N2O4. The molecular weight excluding hydrogens is 248 g/mol. The molecule has 2 amide bonds. The number of furan rings is 1. The Hall–Kier alpha value is -1.82. The molecule has 1 atom stereocenters. The summed E-state index contributed by atoms with van der Waals surface area (Å²) in [6.45, 7) is 4.14. The zero-order valence-electron chi connectivity index (χ0n) is 11.0. The van der Waals surface area contributed by atoms with E-state index in [1.54, 1.807) is 13.0 Å². The fraction of sp³-hybridized carbons (Fsp3) is 0.538. The van der Waals surface area contributed by atoms with Crippen molar-refractivity contribution in [3.8, 4) is 0 Å². The molecule has 0 aromatic carbocycles. The van der Waals surface area contributed by atoms with Crippen molar-refractivity contribution < 1.29 is 19.1 Å². The molecule has 6 heteroatoms. The molecule has 2 rings (SSSR count). The zero-order chi connectivity index (χ0) is 14.0. The molecule has 104 valence electrons. The van der Waals surface area contributed by atoms with Crippen LogP contribution < -0.4 is 5.32 Å². The molecule has 1 aliphatic rings. The maximum Gasteiger partial charge on any atom is 0.287 e. The van der Waals surface area contributed by atoms with E-state index in [4.69, 9.17) is 4.42 Å². The summed E-state index contributed by atoms with van der Waals surface area (Å²) in [5.41, 5.74) is -0.763. The lowest BCUT2D eigenvalue weighted by molar-refractivity contribution is -0.157. The molecule has 0 aliphatic carbocycles. The average molecular weight is 266 g/mol. The van der Waals surface area contributed by atoms with Crippen molar-refractivity contribution in [1.29, 1.82) is 0 Å². The summed E-state index contributed by atoms with van der Waals surface area (Å²) in [5.74, 6) is -0.441. The van der Waals surface area contributed by atoms with Crippen LogP contribution >= 0.6 is 0 Å². The van der Waals surface area contributed by atoms with E-state index in [2.05, 4.69) is 5.32 Å². The Balaban J connectivity index is 1.86. The van der Waals surface area contributed by atoms with Gasteiger partial charge in [0.15, 0.2) is 5.76 Å². The summed E-state index contributed by atoms with van der Waals surface area (Å²) in [7, 11) is 0. The third-order valence-corrected chi connectivity index (χ3v) is 3.40. The quantitative estimate of drug-likeness (QED) is 0.825. The molecule has 0 radical (unpaired) electrons. The Morgan fingerprint density at radius 2 is 2.26 bits per heavy atom. The van der Waals surface area contributed by atoms with Gasteiger partial charge in [0.05, 0.1) is 25.0 Å². The lowest BCUT2D eigenvalue weighted by Crippen LogP contribution is -2.65. The van der Waals surface area contributed by atoms with Crippen LogP contribution in [0.2, 0.25) is 0 Å². The van der Waals surface area contributed by atoms with Crippen molar-refractivity contribution in [2.24, 2.45) is 0 Å². The third-order valence-electron chi connectivity index (χ3n) is 3.40. The van der Waals surface area contributed by atoms with Crippen molar-refractivity contribution in [2.45, 2.75) is 31.9 Å². The summed E-state index contributed by atoms with van der Waals surface area (Å²) in [4.78, 5) is 25.2. The minimum absolute atomic E-state index is 0.174. The van der Waals surface area contributed by atoms with Gasteiger partial charge in [-0.2, -0.15) is 0 Å². The Morgan fingerprint density at radius 1 is 1.58 bits per heavy atom. The Kier molecular flexibility index (Phi) is 3.61. The molecule has 1 aliphatic heterocycles. The highest BCUT2D eigenvalue weighted by molar-refractivity contribution is 5.95. The van der Waals surface area contributed by atoms with Gasteiger partial charge in [0.2, 0.25) is 5.91 Å². The van der Waals surface area contributed by atoms with E-state index in [9.17, 15) is 14.7 Å². The van der Waals surface area contributed by atoms with Gasteiger partial charge in [0.25, 0.3) is 5.91 Å². The number of hydrogen-bond donors (Lipinski definition) is 2. The number of amides is 2. The fourth-order valence-corrected chi connectivity index (χ4v) is 2.05. The number of likely N-dealkylation sites (tertiary alicyclic amines) is 1. The molecule has 2 heterocycles. The highest BCUT2D eigenvalue weighted by Gasteiger charge is 2.43. The first-order valence-electron chi connectivity index (χ1n) is 6.31. The molecule has 0 saturated carbocycles. The van der Waals surface area contributed by atoms with Gasteiger partial charge in [-0.1, -0.05) is 6.92 Å². The number of carbonyl (C=O) groups is 2. The van der Waals surface area contributed by atoms with E-state index in [1.807, 2.05) is 6.92 Å². The van der Waals surface area contributed by atoms with E-state index in [-0.39, 0.29) is 11.7 Å². The minimum atomic E-state index is -0.763. The van der Waals surface area contributed by atoms with E-state index < -0.39 is 17.6 Å². The number of nitrogens with one attached hydrogen (secondary N) is 1. The van der Waals surface area contributed by atoms with Crippen molar-refractivity contribution in [2.75, 3.05) is 13.1 Å². The van der Waals surface area contributed by atoms with Gasteiger partial charge in [-0.05, 0) is 25.5 Å². The first-order valence-corrected chi connectivity index (χ1v) is 6.31. The van der Waals surface area contributed by atoms with Crippen LogP contribution in [0.1, 0.15) is 30.8 Å². The van der Waals surface area contributed by atoms with Crippen molar-refractivity contribution in [3.05, 3.63) is 24.2 Å². The van der Waals surface area contributed by atoms with Crippen molar-refractivity contribution in [1.82, 2.24) is 10.2 Å². The number of rotatable bonds is 4. The normalized spacial score (nSPS) is 18.6. The monoisotopic (exact) mass is 266 g/mol. The summed E-state index contributed by atoms with van der Waals surface area (Å²) in [6.07, 6.45) is 2.02. The van der Waals surface area contributed by atoms with E-state index in [1.165, 1.54) is 17.2 Å². The Labute approximate surface area is 111 Å². The van der Waals surface area contributed by atoms with Crippen LogP contribution in [-0.2, 0) is 4.79 Å². The molecule has 6 nitrogen and oxygen atoms in total. The van der Waals surface area contributed by atoms with Gasteiger partial charge in [-0.25, -0.2) is 0 Å². The van der Waals surface area contributed by atoms with Gasteiger partial charge in [-0.3, -0.25) is 9.59 Å². The lowest BCUT2D eigenvalue weighted by Gasteiger charge is -2.46. The lowest BCUT2D eigenvalue weighted by atomic mass is 9.91. The number of β-amino-alcohol motifs (C(OH)–C–C–N with tert-alkyl or cyclic N) is 1. The molecule has 1 unspecified atom stereocenters. The molecule has 2 N–H and O–H groups in total. The number of aliphatic hydroxyl groups is 1. The van der Waals surface area contributed by atoms with Crippen LogP contribution in [0.25, 0.3) is 0 Å². The molecule has 0 bridgehead atoms. The van der Waals surface area contributed by atoms with Crippen LogP contribution in [0.4, 0.5) is 0 Å². The number of nitrogens with zero attached hydrogens (tertiary/aromatic N) is 1. The van der Waals surface area contributed by atoms with Gasteiger partial charge >= 0.3 is 0 Å². The predicted molar refractivity (Wildman–Crippen MR) is 67.5 cm³/mol. The molecule has 1 saturated heterocycles. The second kappa shape index (κ2) is 5.05.